The van der Waals surface area contributed by atoms with Crippen LogP contribution in [0.1, 0.15) is 13.3 Å². The van der Waals surface area contributed by atoms with Crippen LogP contribution in [0.25, 0.3) is 0 Å². The van der Waals surface area contributed by atoms with E-state index in [1.807, 2.05) is 0 Å². The van der Waals surface area contributed by atoms with Crippen molar-refractivity contribution in [2.45, 2.75) is 23.0 Å². The molecule has 0 amide bonds. The molecule has 2 unspecified atom stereocenters. The van der Waals surface area contributed by atoms with Crippen LogP contribution in [0.2, 0.25) is 0 Å². The first-order chi connectivity index (χ1) is 8.23. The van der Waals surface area contributed by atoms with Gasteiger partial charge in [0.05, 0.1) is 0 Å². The first-order valence-corrected chi connectivity index (χ1v) is 6.65. The van der Waals surface area contributed by atoms with E-state index in [2.05, 4.69) is 0 Å². The van der Waals surface area contributed by atoms with Crippen molar-refractivity contribution in [1.82, 2.24) is 0 Å². The summed E-state index contributed by atoms with van der Waals surface area (Å²) in [5, 5.41) is 9.04. The van der Waals surface area contributed by atoms with Gasteiger partial charge in [-0.3, -0.25) is 4.79 Å². The van der Waals surface area contributed by atoms with Crippen LogP contribution in [-0.4, -0.2) is 24.2 Å². The Bertz CT molecular complexity index is 626. The van der Waals surface area contributed by atoms with Crippen LogP contribution in [0, 0.1) is 17.6 Å². The monoisotopic (exact) mass is 276 g/mol. The molecule has 1 aliphatic rings. The van der Waals surface area contributed by atoms with E-state index in [9.17, 15) is 22.0 Å². The summed E-state index contributed by atoms with van der Waals surface area (Å²) in [6.45, 7) is 1.45. The van der Waals surface area contributed by atoms with E-state index in [-0.39, 0.29) is 6.42 Å². The number of aliphatic carboxylic acids is 1. The zero-order valence-electron chi connectivity index (χ0n) is 9.35. The summed E-state index contributed by atoms with van der Waals surface area (Å²) in [5.41, 5.74) is 0. The SMILES string of the molecule is CC1CC1(C(=O)O)S(=O)(=O)c1cc(F)ccc1F. The minimum Gasteiger partial charge on any atom is -0.480 e. The second kappa shape index (κ2) is 3.74. The number of benzene rings is 1. The van der Waals surface area contributed by atoms with Gasteiger partial charge < -0.3 is 5.11 Å². The van der Waals surface area contributed by atoms with Gasteiger partial charge in [0.15, 0.2) is 14.6 Å². The fourth-order valence-corrected chi connectivity index (χ4v) is 4.28. The predicted molar refractivity (Wildman–Crippen MR) is 57.7 cm³/mol. The molecule has 1 aliphatic carbocycles. The lowest BCUT2D eigenvalue weighted by Gasteiger charge is -2.13. The molecule has 0 bridgehead atoms. The topological polar surface area (TPSA) is 71.4 Å². The summed E-state index contributed by atoms with van der Waals surface area (Å²) < 4.78 is 48.8. The molecule has 1 aromatic carbocycles. The van der Waals surface area contributed by atoms with Gasteiger partial charge in [-0.15, -0.1) is 0 Å². The molecule has 7 heteroatoms. The summed E-state index contributed by atoms with van der Waals surface area (Å²) in [7, 11) is -4.44. The van der Waals surface area contributed by atoms with Crippen molar-refractivity contribution in [2.75, 3.05) is 0 Å². The molecule has 98 valence electrons. The van der Waals surface area contributed by atoms with Crippen molar-refractivity contribution in [3.05, 3.63) is 29.8 Å². The predicted octanol–water partition coefficient (Wildman–Crippen LogP) is 1.60. The van der Waals surface area contributed by atoms with E-state index >= 15 is 0 Å². The molecular formula is C11H10F2O4S. The van der Waals surface area contributed by atoms with Gasteiger partial charge in [-0.2, -0.15) is 0 Å². The second-order valence-corrected chi connectivity index (χ2v) is 6.55. The lowest BCUT2D eigenvalue weighted by molar-refractivity contribution is -0.137. The molecule has 0 saturated heterocycles. The number of hydrogen-bond donors (Lipinski definition) is 1. The fraction of sp³-hybridized carbons (Fsp3) is 0.364. The van der Waals surface area contributed by atoms with E-state index in [0.717, 1.165) is 6.07 Å². The van der Waals surface area contributed by atoms with Crippen molar-refractivity contribution in [2.24, 2.45) is 5.92 Å². The molecule has 2 atom stereocenters. The van der Waals surface area contributed by atoms with Gasteiger partial charge in [0.25, 0.3) is 0 Å². The highest BCUT2D eigenvalue weighted by atomic mass is 32.2. The molecule has 1 aromatic rings. The molecule has 2 rings (SSSR count). The number of carbonyl (C=O) groups is 1. The Morgan fingerprint density at radius 3 is 2.44 bits per heavy atom. The van der Waals surface area contributed by atoms with Crippen LogP contribution >= 0.6 is 0 Å². The molecule has 0 spiro atoms. The normalized spacial score (nSPS) is 26.9. The molecule has 18 heavy (non-hydrogen) atoms. The summed E-state index contributed by atoms with van der Waals surface area (Å²) >= 11 is 0. The number of halogens is 2. The average Bonchev–Trinajstić information content (AvgIpc) is 2.95. The number of rotatable bonds is 3. The maximum Gasteiger partial charge on any atom is 0.325 e. The Balaban J connectivity index is 2.63. The van der Waals surface area contributed by atoms with Crippen LogP contribution in [-0.2, 0) is 14.6 Å². The van der Waals surface area contributed by atoms with Gasteiger partial charge in [-0.05, 0) is 30.5 Å². The van der Waals surface area contributed by atoms with E-state index < -0.39 is 43.0 Å². The van der Waals surface area contributed by atoms with E-state index in [1.165, 1.54) is 6.92 Å². The number of hydrogen-bond acceptors (Lipinski definition) is 3. The molecular weight excluding hydrogens is 266 g/mol. The Hall–Kier alpha value is -1.50. The van der Waals surface area contributed by atoms with Gasteiger partial charge >= 0.3 is 5.97 Å². The Kier molecular flexibility index (Phi) is 2.69. The lowest BCUT2D eigenvalue weighted by atomic mass is 10.3. The summed E-state index contributed by atoms with van der Waals surface area (Å²) in [6.07, 6.45) is -0.0966. The third kappa shape index (κ3) is 1.53. The smallest absolute Gasteiger partial charge is 0.325 e. The van der Waals surface area contributed by atoms with Crippen molar-refractivity contribution in [3.8, 4) is 0 Å². The highest BCUT2D eigenvalue weighted by molar-refractivity contribution is 7.94. The Labute approximate surface area is 102 Å². The van der Waals surface area contributed by atoms with Crippen molar-refractivity contribution in [3.63, 3.8) is 0 Å². The average molecular weight is 276 g/mol. The number of carboxylic acid groups (broad SMARTS) is 1. The van der Waals surface area contributed by atoms with Crippen molar-refractivity contribution >= 4 is 15.8 Å². The molecule has 4 nitrogen and oxygen atoms in total. The minimum atomic E-state index is -4.44. The highest BCUT2D eigenvalue weighted by Crippen LogP contribution is 2.52. The first kappa shape index (κ1) is 12.9. The van der Waals surface area contributed by atoms with Crippen LogP contribution in [0.3, 0.4) is 0 Å². The van der Waals surface area contributed by atoms with Crippen molar-refractivity contribution in [1.29, 1.82) is 0 Å². The Morgan fingerprint density at radius 2 is 2.00 bits per heavy atom. The van der Waals surface area contributed by atoms with Gasteiger partial charge in [0.2, 0.25) is 0 Å². The third-order valence-electron chi connectivity index (χ3n) is 3.27. The fourth-order valence-electron chi connectivity index (χ4n) is 2.06. The summed E-state index contributed by atoms with van der Waals surface area (Å²) in [4.78, 5) is 10.2. The zero-order chi connectivity index (χ0) is 13.7. The van der Waals surface area contributed by atoms with Crippen LogP contribution in [0.5, 0.6) is 0 Å². The van der Waals surface area contributed by atoms with Crippen molar-refractivity contribution < 1.29 is 27.1 Å². The van der Waals surface area contributed by atoms with E-state index in [1.54, 1.807) is 0 Å². The molecule has 0 radical (unpaired) electrons. The molecule has 0 aliphatic heterocycles. The standard InChI is InChI=1S/C11H10F2O4S/c1-6-5-11(6,10(14)15)18(16,17)9-4-7(12)2-3-8(9)13/h2-4,6H,5H2,1H3,(H,14,15). The van der Waals surface area contributed by atoms with E-state index in [0.29, 0.717) is 12.1 Å². The number of sulfone groups is 1. The summed E-state index contributed by atoms with van der Waals surface area (Å²) in [5.74, 6) is -4.22. The van der Waals surface area contributed by atoms with Gasteiger partial charge in [-0.1, -0.05) is 6.92 Å². The second-order valence-electron chi connectivity index (χ2n) is 4.38. The van der Waals surface area contributed by atoms with E-state index in [4.69, 9.17) is 5.11 Å². The molecule has 1 N–H and O–H groups in total. The maximum absolute atomic E-state index is 13.5. The van der Waals surface area contributed by atoms with Crippen LogP contribution in [0.4, 0.5) is 8.78 Å². The van der Waals surface area contributed by atoms with Gasteiger partial charge in [0, 0.05) is 0 Å². The molecule has 1 saturated carbocycles. The zero-order valence-corrected chi connectivity index (χ0v) is 10.2. The molecule has 0 heterocycles. The third-order valence-corrected chi connectivity index (χ3v) is 5.86. The molecule has 1 fully saturated rings. The van der Waals surface area contributed by atoms with Crippen LogP contribution in [0.15, 0.2) is 23.1 Å². The van der Waals surface area contributed by atoms with Gasteiger partial charge in [0.1, 0.15) is 16.5 Å². The Morgan fingerprint density at radius 1 is 1.44 bits per heavy atom. The van der Waals surface area contributed by atoms with Crippen LogP contribution < -0.4 is 0 Å². The first-order valence-electron chi connectivity index (χ1n) is 5.16. The lowest BCUT2D eigenvalue weighted by Crippen LogP contribution is -2.35. The summed E-state index contributed by atoms with van der Waals surface area (Å²) in [6, 6.07) is 1.96. The minimum absolute atomic E-state index is 0.0966. The number of carboxylic acids is 1. The molecule has 0 aromatic heterocycles. The quantitative estimate of drug-likeness (QED) is 0.910. The highest BCUT2D eigenvalue weighted by Gasteiger charge is 2.68. The largest absolute Gasteiger partial charge is 0.480 e. The van der Waals surface area contributed by atoms with Gasteiger partial charge in [-0.25, -0.2) is 17.2 Å². The maximum atomic E-state index is 13.5.